The number of rotatable bonds is 4. The number of benzene rings is 1. The van der Waals surface area contributed by atoms with Crippen LogP contribution in [0.1, 0.15) is 21.6 Å². The van der Waals surface area contributed by atoms with Crippen molar-refractivity contribution >= 4 is 17.7 Å². The number of nitrogens with zero attached hydrogens (tertiary/aromatic N) is 1. The van der Waals surface area contributed by atoms with Gasteiger partial charge in [0, 0.05) is 17.5 Å². The molecule has 0 radical (unpaired) electrons. The summed E-state index contributed by atoms with van der Waals surface area (Å²) in [4.78, 5) is 28.8. The predicted molar refractivity (Wildman–Crippen MR) is 72.5 cm³/mol. The Kier molecular flexibility index (Phi) is 4.19. The summed E-state index contributed by atoms with van der Waals surface area (Å²) in [6, 6.07) is 5.28. The summed E-state index contributed by atoms with van der Waals surface area (Å²) >= 11 is 1.25. The molecule has 0 aliphatic carbocycles. The largest absolute Gasteiger partial charge is 0.478 e. The Balaban J connectivity index is 2.16. The Hall–Kier alpha value is -2.15. The summed E-state index contributed by atoms with van der Waals surface area (Å²) in [7, 11) is 0. The van der Waals surface area contributed by atoms with Gasteiger partial charge in [0.2, 0.25) is 0 Å². The summed E-state index contributed by atoms with van der Waals surface area (Å²) < 4.78 is 13.2. The van der Waals surface area contributed by atoms with Crippen LogP contribution in [-0.4, -0.2) is 21.0 Å². The lowest BCUT2D eigenvalue weighted by atomic mass is 10.1. The van der Waals surface area contributed by atoms with Crippen molar-refractivity contribution in [3.05, 3.63) is 57.3 Å². The van der Waals surface area contributed by atoms with Gasteiger partial charge in [-0.05, 0) is 24.6 Å². The molecule has 0 atom stereocenters. The maximum Gasteiger partial charge on any atom is 0.338 e. The van der Waals surface area contributed by atoms with Crippen molar-refractivity contribution in [2.24, 2.45) is 0 Å². The minimum absolute atomic E-state index is 0.245. The van der Waals surface area contributed by atoms with Gasteiger partial charge in [0.05, 0.1) is 5.56 Å². The van der Waals surface area contributed by atoms with E-state index >= 15 is 0 Å². The third kappa shape index (κ3) is 3.45. The number of aryl methyl sites for hydroxylation is 1. The maximum absolute atomic E-state index is 13.2. The van der Waals surface area contributed by atoms with Crippen molar-refractivity contribution in [2.45, 2.75) is 17.8 Å². The molecule has 1 heterocycles. The first kappa shape index (κ1) is 14.3. The standard InChI is InChI=1S/C13H11FN2O3S/c1-7-4-11(17)16-13(15-7)20-6-8-2-3-10(14)9(5-8)12(18)19/h2-5H,6H2,1H3,(H,18,19)(H,15,16,17). The molecule has 104 valence electrons. The predicted octanol–water partition coefficient (Wildman–Crippen LogP) is 2.21. The summed E-state index contributed by atoms with van der Waals surface area (Å²) in [5.41, 5.74) is 0.624. The second-order valence-corrected chi connectivity index (χ2v) is 5.06. The molecule has 2 N–H and O–H groups in total. The lowest BCUT2D eigenvalue weighted by Crippen LogP contribution is -2.08. The Bertz CT molecular complexity index is 715. The Morgan fingerprint density at radius 3 is 2.85 bits per heavy atom. The summed E-state index contributed by atoms with van der Waals surface area (Å²) in [6.07, 6.45) is 0. The lowest BCUT2D eigenvalue weighted by molar-refractivity contribution is 0.0692. The number of hydrogen-bond donors (Lipinski definition) is 2. The molecule has 0 unspecified atom stereocenters. The number of aromatic nitrogens is 2. The van der Waals surface area contributed by atoms with Crippen molar-refractivity contribution in [2.75, 3.05) is 0 Å². The van der Waals surface area contributed by atoms with E-state index in [1.807, 2.05) is 0 Å². The molecule has 0 saturated heterocycles. The molecule has 20 heavy (non-hydrogen) atoms. The highest BCUT2D eigenvalue weighted by Gasteiger charge is 2.11. The van der Waals surface area contributed by atoms with Crippen LogP contribution in [0.3, 0.4) is 0 Å². The fourth-order valence-electron chi connectivity index (χ4n) is 1.60. The summed E-state index contributed by atoms with van der Waals surface area (Å²) in [5.74, 6) is -1.70. The molecule has 2 rings (SSSR count). The van der Waals surface area contributed by atoms with E-state index in [4.69, 9.17) is 5.11 Å². The maximum atomic E-state index is 13.2. The fourth-order valence-corrected chi connectivity index (χ4v) is 2.46. The minimum atomic E-state index is -1.31. The molecule has 0 spiro atoms. The van der Waals surface area contributed by atoms with Crippen LogP contribution in [-0.2, 0) is 5.75 Å². The van der Waals surface area contributed by atoms with Gasteiger partial charge in [-0.1, -0.05) is 17.8 Å². The third-order valence-electron chi connectivity index (χ3n) is 2.48. The molecular weight excluding hydrogens is 283 g/mol. The second kappa shape index (κ2) is 5.87. The van der Waals surface area contributed by atoms with Gasteiger partial charge in [-0.15, -0.1) is 0 Å². The van der Waals surface area contributed by atoms with Crippen LogP contribution < -0.4 is 5.56 Å². The quantitative estimate of drug-likeness (QED) is 0.667. The van der Waals surface area contributed by atoms with Crippen LogP contribution in [0.2, 0.25) is 0 Å². The first-order chi connectivity index (χ1) is 9.45. The molecular formula is C13H11FN2O3S. The van der Waals surface area contributed by atoms with Crippen molar-refractivity contribution in [3.8, 4) is 0 Å². The van der Waals surface area contributed by atoms with Gasteiger partial charge in [0.25, 0.3) is 5.56 Å². The number of nitrogens with one attached hydrogen (secondary N) is 1. The number of thioether (sulfide) groups is 1. The zero-order valence-electron chi connectivity index (χ0n) is 10.5. The average molecular weight is 294 g/mol. The van der Waals surface area contributed by atoms with E-state index in [-0.39, 0.29) is 11.1 Å². The smallest absolute Gasteiger partial charge is 0.338 e. The molecule has 2 aromatic rings. The van der Waals surface area contributed by atoms with Gasteiger partial charge in [0.15, 0.2) is 5.16 Å². The Morgan fingerprint density at radius 1 is 1.45 bits per heavy atom. The van der Waals surface area contributed by atoms with Gasteiger partial charge in [-0.2, -0.15) is 0 Å². The zero-order chi connectivity index (χ0) is 14.7. The van der Waals surface area contributed by atoms with Crippen LogP contribution in [0.25, 0.3) is 0 Å². The number of aromatic carboxylic acids is 1. The molecule has 0 fully saturated rings. The SMILES string of the molecule is Cc1cc(=O)[nH]c(SCc2ccc(F)c(C(=O)O)c2)n1. The van der Waals surface area contributed by atoms with Crippen LogP contribution in [0.4, 0.5) is 4.39 Å². The average Bonchev–Trinajstić information content (AvgIpc) is 2.36. The molecule has 5 nitrogen and oxygen atoms in total. The van der Waals surface area contributed by atoms with E-state index in [1.54, 1.807) is 6.92 Å². The number of hydrogen-bond acceptors (Lipinski definition) is 4. The number of halogens is 1. The number of carboxylic acid groups (broad SMARTS) is 1. The highest BCUT2D eigenvalue weighted by atomic mass is 32.2. The van der Waals surface area contributed by atoms with Gasteiger partial charge in [0.1, 0.15) is 5.82 Å². The molecule has 0 amide bonds. The fraction of sp³-hybridized carbons (Fsp3) is 0.154. The van der Waals surface area contributed by atoms with Crippen LogP contribution >= 0.6 is 11.8 Å². The minimum Gasteiger partial charge on any atom is -0.478 e. The third-order valence-corrected chi connectivity index (χ3v) is 3.43. The molecule has 0 bridgehead atoms. The molecule has 0 aliphatic rings. The number of carbonyl (C=O) groups is 1. The van der Waals surface area contributed by atoms with Crippen molar-refractivity contribution < 1.29 is 14.3 Å². The summed E-state index contributed by atoms with van der Waals surface area (Å²) in [6.45, 7) is 1.71. The van der Waals surface area contributed by atoms with Crippen LogP contribution in [0.5, 0.6) is 0 Å². The van der Waals surface area contributed by atoms with E-state index in [0.29, 0.717) is 22.2 Å². The monoisotopic (exact) mass is 294 g/mol. The Morgan fingerprint density at radius 2 is 2.20 bits per heavy atom. The van der Waals surface area contributed by atoms with Gasteiger partial charge in [-0.3, -0.25) is 4.79 Å². The van der Waals surface area contributed by atoms with E-state index in [9.17, 15) is 14.0 Å². The van der Waals surface area contributed by atoms with Gasteiger partial charge >= 0.3 is 5.97 Å². The molecule has 1 aromatic heterocycles. The molecule has 0 aliphatic heterocycles. The highest BCUT2D eigenvalue weighted by molar-refractivity contribution is 7.98. The first-order valence-corrected chi connectivity index (χ1v) is 6.67. The second-order valence-electron chi connectivity index (χ2n) is 4.10. The number of aromatic amines is 1. The van der Waals surface area contributed by atoms with E-state index < -0.39 is 11.8 Å². The van der Waals surface area contributed by atoms with E-state index in [2.05, 4.69) is 9.97 Å². The zero-order valence-corrected chi connectivity index (χ0v) is 11.3. The lowest BCUT2D eigenvalue weighted by Gasteiger charge is -2.04. The Labute approximate surface area is 117 Å². The van der Waals surface area contributed by atoms with Crippen molar-refractivity contribution in [1.82, 2.24) is 9.97 Å². The van der Waals surface area contributed by atoms with E-state index in [0.717, 1.165) is 6.07 Å². The van der Waals surface area contributed by atoms with Crippen LogP contribution in [0, 0.1) is 12.7 Å². The van der Waals surface area contributed by atoms with Crippen LogP contribution in [0.15, 0.2) is 34.2 Å². The first-order valence-electron chi connectivity index (χ1n) is 5.68. The molecule has 1 aromatic carbocycles. The van der Waals surface area contributed by atoms with Crippen molar-refractivity contribution in [3.63, 3.8) is 0 Å². The topological polar surface area (TPSA) is 83.0 Å². The van der Waals surface area contributed by atoms with E-state index in [1.165, 1.54) is 30.0 Å². The molecule has 0 saturated carbocycles. The number of H-pyrrole nitrogens is 1. The summed E-state index contributed by atoms with van der Waals surface area (Å²) in [5, 5.41) is 9.28. The van der Waals surface area contributed by atoms with Crippen molar-refractivity contribution in [1.29, 1.82) is 0 Å². The van der Waals surface area contributed by atoms with Gasteiger partial charge < -0.3 is 10.1 Å². The normalized spacial score (nSPS) is 10.5. The highest BCUT2D eigenvalue weighted by Crippen LogP contribution is 2.20. The van der Waals surface area contributed by atoms with Gasteiger partial charge in [-0.25, -0.2) is 14.2 Å². The number of carboxylic acids is 1. The molecule has 7 heteroatoms.